The Morgan fingerprint density at radius 1 is 0.571 bits per heavy atom. The second-order valence-corrected chi connectivity index (χ2v) is 4.44. The summed E-state index contributed by atoms with van der Waals surface area (Å²) in [6.07, 6.45) is 0. The van der Waals surface area contributed by atoms with Crippen molar-refractivity contribution in [3.63, 3.8) is 0 Å². The molecule has 0 aliphatic carbocycles. The molecule has 0 saturated heterocycles. The quantitative estimate of drug-likeness (QED) is 0.465. The summed E-state index contributed by atoms with van der Waals surface area (Å²) in [6.45, 7) is 0. The molecule has 3 aromatic rings. The van der Waals surface area contributed by atoms with Crippen molar-refractivity contribution in [2.24, 2.45) is 0 Å². The molecule has 0 aliphatic rings. The molecule has 106 valence electrons. The lowest BCUT2D eigenvalue weighted by molar-refractivity contribution is 0.477. The number of phenols is 2. The summed E-state index contributed by atoms with van der Waals surface area (Å²) < 4.78 is 0. The Labute approximate surface area is 123 Å². The minimum Gasteiger partial charge on any atom is -0.507 e. The summed E-state index contributed by atoms with van der Waals surface area (Å²) in [5.74, 6) is 0.473. The number of nitrogen functional groups attached to an aromatic ring is 1. The molecule has 3 aromatic carbocycles. The van der Waals surface area contributed by atoms with Crippen LogP contribution in [0.3, 0.4) is 0 Å². The van der Waals surface area contributed by atoms with Crippen LogP contribution in [0.4, 0.5) is 5.69 Å². The second-order valence-electron chi connectivity index (χ2n) is 4.44. The molecule has 0 amide bonds. The smallest absolute Gasteiger partial charge is 0.138 e. The van der Waals surface area contributed by atoms with Crippen LogP contribution in [0.2, 0.25) is 0 Å². The summed E-state index contributed by atoms with van der Waals surface area (Å²) in [7, 11) is 0. The van der Waals surface area contributed by atoms with E-state index in [0.717, 1.165) is 11.1 Å². The first kappa shape index (κ1) is 14.5. The van der Waals surface area contributed by atoms with E-state index in [1.807, 2.05) is 48.5 Å². The highest BCUT2D eigenvalue weighted by atomic mass is 16.3. The molecule has 0 unspecified atom stereocenters. The molecular weight excluding hydrogens is 262 g/mol. The molecule has 0 radical (unpaired) electrons. The molecule has 0 fully saturated rings. The Kier molecular flexibility index (Phi) is 4.83. The van der Waals surface area contributed by atoms with E-state index in [-0.39, 0.29) is 5.75 Å². The first-order valence-electron chi connectivity index (χ1n) is 6.55. The van der Waals surface area contributed by atoms with Crippen LogP contribution in [-0.2, 0) is 0 Å². The summed E-state index contributed by atoms with van der Waals surface area (Å²) in [4.78, 5) is 0. The number of benzene rings is 3. The van der Waals surface area contributed by atoms with Crippen LogP contribution in [0.25, 0.3) is 11.1 Å². The molecule has 4 N–H and O–H groups in total. The minimum absolute atomic E-state index is 0.146. The van der Waals surface area contributed by atoms with Crippen molar-refractivity contribution >= 4 is 5.69 Å². The van der Waals surface area contributed by atoms with Crippen LogP contribution in [0.15, 0.2) is 78.9 Å². The molecule has 0 atom stereocenters. The Bertz CT molecular complexity index is 675. The van der Waals surface area contributed by atoms with Crippen molar-refractivity contribution in [3.05, 3.63) is 78.9 Å². The van der Waals surface area contributed by atoms with E-state index < -0.39 is 0 Å². The third-order valence-corrected chi connectivity index (χ3v) is 2.93. The molecule has 0 aromatic heterocycles. The summed E-state index contributed by atoms with van der Waals surface area (Å²) in [5.41, 5.74) is 7.61. The van der Waals surface area contributed by atoms with Crippen LogP contribution >= 0.6 is 0 Å². The van der Waals surface area contributed by atoms with Crippen molar-refractivity contribution < 1.29 is 10.2 Å². The van der Waals surface area contributed by atoms with Gasteiger partial charge in [-0.1, -0.05) is 60.7 Å². The van der Waals surface area contributed by atoms with Gasteiger partial charge in [0.2, 0.25) is 0 Å². The van der Waals surface area contributed by atoms with Crippen molar-refractivity contribution in [1.29, 1.82) is 0 Å². The van der Waals surface area contributed by atoms with Gasteiger partial charge in [0.25, 0.3) is 0 Å². The maximum atomic E-state index is 9.56. The average Bonchev–Trinajstić information content (AvgIpc) is 2.52. The van der Waals surface area contributed by atoms with Gasteiger partial charge in [-0.25, -0.2) is 0 Å². The average molecular weight is 279 g/mol. The Morgan fingerprint density at radius 3 is 1.62 bits per heavy atom. The molecular formula is C18H17NO2. The number of aromatic hydroxyl groups is 2. The molecule has 3 nitrogen and oxygen atoms in total. The SMILES string of the molecule is Nc1ccccc1O.Oc1ccccc1-c1ccccc1. The van der Waals surface area contributed by atoms with E-state index in [0.29, 0.717) is 11.4 Å². The van der Waals surface area contributed by atoms with Gasteiger partial charge >= 0.3 is 0 Å². The maximum absolute atomic E-state index is 9.56. The van der Waals surface area contributed by atoms with Gasteiger partial charge in [-0.15, -0.1) is 0 Å². The summed E-state index contributed by atoms with van der Waals surface area (Å²) in [6, 6.07) is 23.9. The van der Waals surface area contributed by atoms with E-state index in [9.17, 15) is 5.11 Å². The van der Waals surface area contributed by atoms with E-state index in [1.54, 1.807) is 30.3 Å². The number of anilines is 1. The fourth-order valence-corrected chi connectivity index (χ4v) is 1.82. The van der Waals surface area contributed by atoms with Crippen LogP contribution < -0.4 is 5.73 Å². The number of hydrogen-bond acceptors (Lipinski definition) is 3. The zero-order valence-electron chi connectivity index (χ0n) is 11.5. The molecule has 0 saturated carbocycles. The van der Waals surface area contributed by atoms with Crippen LogP contribution in [0.1, 0.15) is 0 Å². The maximum Gasteiger partial charge on any atom is 0.138 e. The number of hydrogen-bond donors (Lipinski definition) is 3. The Hall–Kier alpha value is -2.94. The Balaban J connectivity index is 0.000000173. The van der Waals surface area contributed by atoms with Crippen molar-refractivity contribution in [3.8, 4) is 22.6 Å². The predicted octanol–water partition coefficient (Wildman–Crippen LogP) is 4.03. The number of rotatable bonds is 1. The number of phenolic OH excluding ortho intramolecular Hbond substituents is 2. The van der Waals surface area contributed by atoms with E-state index >= 15 is 0 Å². The largest absolute Gasteiger partial charge is 0.507 e. The van der Waals surface area contributed by atoms with Gasteiger partial charge in [-0.05, 0) is 23.8 Å². The van der Waals surface area contributed by atoms with Gasteiger partial charge in [0.05, 0.1) is 5.69 Å². The number of para-hydroxylation sites is 3. The van der Waals surface area contributed by atoms with Gasteiger partial charge in [0.1, 0.15) is 11.5 Å². The lowest BCUT2D eigenvalue weighted by Gasteiger charge is -2.02. The first-order valence-corrected chi connectivity index (χ1v) is 6.55. The highest BCUT2D eigenvalue weighted by Gasteiger charge is 2.00. The molecule has 0 bridgehead atoms. The van der Waals surface area contributed by atoms with E-state index in [4.69, 9.17) is 10.8 Å². The van der Waals surface area contributed by atoms with E-state index in [1.165, 1.54) is 0 Å². The normalized spacial score (nSPS) is 9.52. The van der Waals surface area contributed by atoms with Crippen molar-refractivity contribution in [2.75, 3.05) is 5.73 Å². The molecule has 3 rings (SSSR count). The minimum atomic E-state index is 0.146. The zero-order chi connectivity index (χ0) is 15.1. The summed E-state index contributed by atoms with van der Waals surface area (Å²) in [5, 5.41) is 18.4. The molecule has 0 aliphatic heterocycles. The fourth-order valence-electron chi connectivity index (χ4n) is 1.82. The van der Waals surface area contributed by atoms with Gasteiger partial charge in [0.15, 0.2) is 0 Å². The fraction of sp³-hybridized carbons (Fsp3) is 0. The molecule has 0 heterocycles. The number of nitrogens with two attached hydrogens (primary N) is 1. The summed E-state index contributed by atoms with van der Waals surface area (Å²) >= 11 is 0. The lowest BCUT2D eigenvalue weighted by Crippen LogP contribution is -1.82. The van der Waals surface area contributed by atoms with Gasteiger partial charge in [-0.3, -0.25) is 0 Å². The third kappa shape index (κ3) is 4.01. The molecule has 21 heavy (non-hydrogen) atoms. The van der Waals surface area contributed by atoms with Gasteiger partial charge in [-0.2, -0.15) is 0 Å². The molecule has 0 spiro atoms. The lowest BCUT2D eigenvalue weighted by atomic mass is 10.1. The standard InChI is InChI=1S/C12H10O.C6H7NO/c13-12-9-5-4-8-11(12)10-6-2-1-3-7-10;7-5-3-1-2-4-6(5)8/h1-9,13H;1-4,8H,7H2. The predicted molar refractivity (Wildman–Crippen MR) is 86.1 cm³/mol. The molecule has 3 heteroatoms. The van der Waals surface area contributed by atoms with Gasteiger partial charge in [0, 0.05) is 5.56 Å². The van der Waals surface area contributed by atoms with Gasteiger partial charge < -0.3 is 15.9 Å². The van der Waals surface area contributed by atoms with Crippen molar-refractivity contribution in [1.82, 2.24) is 0 Å². The monoisotopic (exact) mass is 279 g/mol. The Morgan fingerprint density at radius 2 is 1.10 bits per heavy atom. The van der Waals surface area contributed by atoms with Crippen LogP contribution in [0, 0.1) is 0 Å². The zero-order valence-corrected chi connectivity index (χ0v) is 11.5. The van der Waals surface area contributed by atoms with Crippen LogP contribution in [0.5, 0.6) is 11.5 Å². The first-order chi connectivity index (χ1) is 10.2. The highest BCUT2D eigenvalue weighted by molar-refractivity contribution is 5.69. The second kappa shape index (κ2) is 7.01. The third-order valence-electron chi connectivity index (χ3n) is 2.93. The van der Waals surface area contributed by atoms with Crippen molar-refractivity contribution in [2.45, 2.75) is 0 Å². The van der Waals surface area contributed by atoms with Crippen LogP contribution in [-0.4, -0.2) is 10.2 Å². The topological polar surface area (TPSA) is 66.5 Å². The highest BCUT2D eigenvalue weighted by Crippen LogP contribution is 2.27. The van der Waals surface area contributed by atoms with E-state index in [2.05, 4.69) is 0 Å².